The van der Waals surface area contributed by atoms with Gasteiger partial charge in [0.25, 0.3) is 0 Å². The van der Waals surface area contributed by atoms with E-state index in [0.29, 0.717) is 12.5 Å². The van der Waals surface area contributed by atoms with Crippen molar-refractivity contribution >= 4 is 28.3 Å². The van der Waals surface area contributed by atoms with Crippen LogP contribution in [0, 0.1) is 0 Å². The second-order valence-corrected chi connectivity index (χ2v) is 4.64. The predicted octanol–water partition coefficient (Wildman–Crippen LogP) is 3.45. The molecule has 1 aromatic carbocycles. The predicted molar refractivity (Wildman–Crippen MR) is 81.1 cm³/mol. The molecule has 1 heterocycles. The van der Waals surface area contributed by atoms with Gasteiger partial charge in [-0.25, -0.2) is 4.98 Å². The van der Waals surface area contributed by atoms with Gasteiger partial charge < -0.3 is 9.64 Å². The molecule has 1 aromatic heterocycles. The Bertz CT molecular complexity index is 545. The smallest absolute Gasteiger partial charge is 0.133 e. The summed E-state index contributed by atoms with van der Waals surface area (Å²) < 4.78 is 5.15. The molecule has 0 atom stereocenters. The van der Waals surface area contributed by atoms with Crippen LogP contribution in [0.1, 0.15) is 12.5 Å². The zero-order valence-electron chi connectivity index (χ0n) is 11.4. The minimum Gasteiger partial charge on any atom is -0.383 e. The van der Waals surface area contributed by atoms with E-state index in [4.69, 9.17) is 21.3 Å². The van der Waals surface area contributed by atoms with Crippen molar-refractivity contribution in [3.63, 3.8) is 0 Å². The molecule has 0 radical (unpaired) electrons. The Morgan fingerprint density at radius 2 is 2.11 bits per heavy atom. The van der Waals surface area contributed by atoms with Crippen LogP contribution in [0.4, 0.5) is 5.82 Å². The minimum atomic E-state index is 0.469. The summed E-state index contributed by atoms with van der Waals surface area (Å²) in [4.78, 5) is 6.96. The average molecular weight is 279 g/mol. The van der Waals surface area contributed by atoms with Crippen molar-refractivity contribution in [3.8, 4) is 0 Å². The lowest BCUT2D eigenvalue weighted by Gasteiger charge is -2.24. The number of pyridine rings is 1. The quantitative estimate of drug-likeness (QED) is 0.757. The average Bonchev–Trinajstić information content (AvgIpc) is 2.47. The monoisotopic (exact) mass is 278 g/mol. The minimum absolute atomic E-state index is 0.469. The number of alkyl halides is 1. The van der Waals surface area contributed by atoms with Crippen LogP contribution in [0.15, 0.2) is 30.3 Å². The van der Waals surface area contributed by atoms with E-state index in [1.165, 1.54) is 0 Å². The molecule has 4 heteroatoms. The number of halogens is 1. The van der Waals surface area contributed by atoms with Crippen LogP contribution in [-0.4, -0.2) is 31.8 Å². The Morgan fingerprint density at radius 1 is 1.32 bits per heavy atom. The molecule has 0 bridgehead atoms. The van der Waals surface area contributed by atoms with Crippen molar-refractivity contribution in [2.75, 3.05) is 31.7 Å². The van der Waals surface area contributed by atoms with Gasteiger partial charge in [-0.2, -0.15) is 0 Å². The number of anilines is 1. The second kappa shape index (κ2) is 6.73. The lowest BCUT2D eigenvalue weighted by atomic mass is 10.1. The number of likely N-dealkylation sites (N-methyl/N-ethyl adjacent to an activating group) is 1. The summed E-state index contributed by atoms with van der Waals surface area (Å²) in [5, 5.41) is 1.13. The zero-order valence-corrected chi connectivity index (χ0v) is 12.2. The van der Waals surface area contributed by atoms with E-state index in [1.54, 1.807) is 7.11 Å². The molecule has 0 N–H and O–H groups in total. The highest BCUT2D eigenvalue weighted by Gasteiger charge is 2.12. The van der Waals surface area contributed by atoms with Gasteiger partial charge in [-0.05, 0) is 19.1 Å². The van der Waals surface area contributed by atoms with E-state index in [1.807, 2.05) is 18.2 Å². The van der Waals surface area contributed by atoms with E-state index in [2.05, 4.69) is 24.0 Å². The Kier molecular flexibility index (Phi) is 5.00. The summed E-state index contributed by atoms with van der Waals surface area (Å²) in [6, 6.07) is 10.2. The lowest BCUT2D eigenvalue weighted by Crippen LogP contribution is -2.28. The molecule has 102 valence electrons. The summed E-state index contributed by atoms with van der Waals surface area (Å²) in [6.07, 6.45) is 0. The third kappa shape index (κ3) is 3.17. The van der Waals surface area contributed by atoms with Crippen LogP contribution in [-0.2, 0) is 10.6 Å². The molecule has 0 saturated carbocycles. The van der Waals surface area contributed by atoms with E-state index >= 15 is 0 Å². The molecule has 0 saturated heterocycles. The van der Waals surface area contributed by atoms with E-state index in [0.717, 1.165) is 35.4 Å². The number of rotatable bonds is 6. The van der Waals surface area contributed by atoms with Gasteiger partial charge in [-0.3, -0.25) is 0 Å². The third-order valence-corrected chi connectivity index (χ3v) is 3.46. The van der Waals surface area contributed by atoms with E-state index in [9.17, 15) is 0 Å². The van der Waals surface area contributed by atoms with Crippen molar-refractivity contribution < 1.29 is 4.74 Å². The van der Waals surface area contributed by atoms with Crippen LogP contribution < -0.4 is 4.90 Å². The number of hydrogen-bond acceptors (Lipinski definition) is 3. The topological polar surface area (TPSA) is 25.4 Å². The van der Waals surface area contributed by atoms with Gasteiger partial charge in [-0.1, -0.05) is 18.2 Å². The zero-order chi connectivity index (χ0) is 13.7. The molecule has 0 spiro atoms. The SMILES string of the molecule is CCN(CCOC)c1nc2ccccc2cc1CCl. The molecule has 2 aromatic rings. The Balaban J connectivity index is 2.44. The largest absolute Gasteiger partial charge is 0.383 e. The fourth-order valence-electron chi connectivity index (χ4n) is 2.14. The number of benzene rings is 1. The highest BCUT2D eigenvalue weighted by atomic mass is 35.5. The summed E-state index contributed by atoms with van der Waals surface area (Å²) >= 11 is 6.07. The van der Waals surface area contributed by atoms with Gasteiger partial charge in [0.15, 0.2) is 0 Å². The highest BCUT2D eigenvalue weighted by Crippen LogP contribution is 2.24. The first-order chi connectivity index (χ1) is 9.30. The number of methoxy groups -OCH3 is 1. The number of nitrogens with zero attached hydrogens (tertiary/aromatic N) is 2. The fourth-order valence-corrected chi connectivity index (χ4v) is 2.33. The van der Waals surface area contributed by atoms with Crippen molar-refractivity contribution in [3.05, 3.63) is 35.9 Å². The molecular weight excluding hydrogens is 260 g/mol. The number of para-hydroxylation sites is 1. The third-order valence-electron chi connectivity index (χ3n) is 3.17. The molecule has 0 aliphatic heterocycles. The maximum Gasteiger partial charge on any atom is 0.133 e. The van der Waals surface area contributed by atoms with Crippen LogP contribution in [0.25, 0.3) is 10.9 Å². The van der Waals surface area contributed by atoms with Gasteiger partial charge >= 0.3 is 0 Å². The normalized spacial score (nSPS) is 10.9. The molecule has 2 rings (SSSR count). The van der Waals surface area contributed by atoms with Crippen LogP contribution in [0.5, 0.6) is 0 Å². The molecule has 0 aliphatic carbocycles. The number of fused-ring (bicyclic) bond motifs is 1. The van der Waals surface area contributed by atoms with Gasteiger partial charge in [0, 0.05) is 31.1 Å². The number of aromatic nitrogens is 1. The summed E-state index contributed by atoms with van der Waals surface area (Å²) in [5.74, 6) is 1.43. The van der Waals surface area contributed by atoms with Gasteiger partial charge in [0.2, 0.25) is 0 Å². The molecule has 0 unspecified atom stereocenters. The number of hydrogen-bond donors (Lipinski definition) is 0. The fraction of sp³-hybridized carbons (Fsp3) is 0.400. The van der Waals surface area contributed by atoms with Gasteiger partial charge in [0.1, 0.15) is 5.82 Å². The Morgan fingerprint density at radius 3 is 2.79 bits per heavy atom. The second-order valence-electron chi connectivity index (χ2n) is 4.37. The Labute approximate surface area is 119 Å². The van der Waals surface area contributed by atoms with Crippen molar-refractivity contribution in [2.24, 2.45) is 0 Å². The van der Waals surface area contributed by atoms with Crippen molar-refractivity contribution in [1.82, 2.24) is 4.98 Å². The summed E-state index contributed by atoms with van der Waals surface area (Å²) in [6.45, 7) is 4.51. The first-order valence-corrected chi connectivity index (χ1v) is 7.02. The molecule has 0 amide bonds. The Hall–Kier alpha value is -1.32. The van der Waals surface area contributed by atoms with Crippen molar-refractivity contribution in [1.29, 1.82) is 0 Å². The first-order valence-electron chi connectivity index (χ1n) is 6.48. The number of ether oxygens (including phenoxy) is 1. The maximum atomic E-state index is 6.07. The van der Waals surface area contributed by atoms with Gasteiger partial charge in [-0.15, -0.1) is 11.6 Å². The van der Waals surface area contributed by atoms with Crippen molar-refractivity contribution in [2.45, 2.75) is 12.8 Å². The van der Waals surface area contributed by atoms with E-state index < -0.39 is 0 Å². The summed E-state index contributed by atoms with van der Waals surface area (Å²) in [7, 11) is 1.71. The van der Waals surface area contributed by atoms with Gasteiger partial charge in [0.05, 0.1) is 18.0 Å². The van der Waals surface area contributed by atoms with E-state index in [-0.39, 0.29) is 0 Å². The standard InChI is InChI=1S/C15H19ClN2O/c1-3-18(8-9-19-2)15-13(11-16)10-12-6-4-5-7-14(12)17-15/h4-7,10H,3,8-9,11H2,1-2H3. The maximum absolute atomic E-state index is 6.07. The summed E-state index contributed by atoms with van der Waals surface area (Å²) in [5.41, 5.74) is 2.07. The van der Waals surface area contributed by atoms with Crippen LogP contribution in [0.3, 0.4) is 0 Å². The first kappa shape index (κ1) is 14.1. The molecule has 19 heavy (non-hydrogen) atoms. The van der Waals surface area contributed by atoms with Crippen LogP contribution >= 0.6 is 11.6 Å². The molecule has 0 aliphatic rings. The van der Waals surface area contributed by atoms with Crippen LogP contribution in [0.2, 0.25) is 0 Å². The lowest BCUT2D eigenvalue weighted by molar-refractivity contribution is 0.205. The molecular formula is C15H19ClN2O. The molecule has 0 fully saturated rings. The molecule has 3 nitrogen and oxygen atoms in total. The highest BCUT2D eigenvalue weighted by molar-refractivity contribution is 6.17.